The third kappa shape index (κ3) is 7.35. The molecule has 2 amide bonds. The van der Waals surface area contributed by atoms with E-state index >= 15 is 0 Å². The van der Waals surface area contributed by atoms with E-state index in [0.717, 1.165) is 41.8 Å². The Morgan fingerprint density at radius 1 is 1.09 bits per heavy atom. The van der Waals surface area contributed by atoms with Gasteiger partial charge in [0.15, 0.2) is 0 Å². The first-order chi connectivity index (χ1) is 16.5. The molecule has 1 atom stereocenters. The summed E-state index contributed by atoms with van der Waals surface area (Å²) in [6.45, 7) is 3.03. The number of amides is 2. The van der Waals surface area contributed by atoms with Crippen LogP contribution in [0.3, 0.4) is 0 Å². The van der Waals surface area contributed by atoms with Crippen molar-refractivity contribution in [2.75, 3.05) is 17.1 Å². The predicted octanol–water partition coefficient (Wildman–Crippen LogP) is 4.54. The summed E-state index contributed by atoms with van der Waals surface area (Å²) < 4.78 is 26.4. The fraction of sp³-hybridized carbons (Fsp3) is 0.440. The van der Waals surface area contributed by atoms with Crippen molar-refractivity contribution < 1.29 is 18.0 Å². The normalized spacial score (nSPS) is 15.0. The average Bonchev–Trinajstić information content (AvgIpc) is 3.29. The highest BCUT2D eigenvalue weighted by atomic mass is 35.5. The summed E-state index contributed by atoms with van der Waals surface area (Å²) in [6, 6.07) is 11.2. The number of carbonyl (C=O) groups is 2. The van der Waals surface area contributed by atoms with Crippen molar-refractivity contribution >= 4 is 50.7 Å². The number of carbonyl (C=O) groups excluding carboxylic acids is 2. The topological polar surface area (TPSA) is 86.8 Å². The number of rotatable bonds is 9. The van der Waals surface area contributed by atoms with Crippen LogP contribution in [0.1, 0.15) is 43.7 Å². The molecule has 1 fully saturated rings. The van der Waals surface area contributed by atoms with Crippen LogP contribution >= 0.6 is 23.2 Å². The first-order valence-electron chi connectivity index (χ1n) is 11.5. The van der Waals surface area contributed by atoms with E-state index in [1.165, 1.54) is 11.0 Å². The lowest BCUT2D eigenvalue weighted by atomic mass is 10.1. The Balaban J connectivity index is 1.91. The van der Waals surface area contributed by atoms with Crippen molar-refractivity contribution in [2.24, 2.45) is 0 Å². The fourth-order valence-electron chi connectivity index (χ4n) is 4.25. The highest BCUT2D eigenvalue weighted by Crippen LogP contribution is 2.27. The quantitative estimate of drug-likeness (QED) is 0.506. The smallest absolute Gasteiger partial charge is 0.244 e. The van der Waals surface area contributed by atoms with Crippen molar-refractivity contribution in [1.29, 1.82) is 0 Å². The molecule has 0 spiro atoms. The zero-order chi connectivity index (χ0) is 25.8. The molecule has 0 unspecified atom stereocenters. The largest absolute Gasteiger partial charge is 0.352 e. The van der Waals surface area contributed by atoms with Crippen LogP contribution in [0.4, 0.5) is 5.69 Å². The molecule has 0 aliphatic heterocycles. The van der Waals surface area contributed by atoms with Gasteiger partial charge in [-0.25, -0.2) is 8.42 Å². The molecule has 10 heteroatoms. The zero-order valence-electron chi connectivity index (χ0n) is 20.1. The van der Waals surface area contributed by atoms with Gasteiger partial charge in [-0.1, -0.05) is 54.2 Å². The van der Waals surface area contributed by atoms with Gasteiger partial charge < -0.3 is 10.2 Å². The standard InChI is InChI=1S/C25H31Cl2N3O4S/c1-17-11-12-21(27)14-23(17)30(35(3,33)34)16-24(31)29(15-19-7-6-8-20(26)13-19)18(2)25(32)28-22-9-4-5-10-22/h6-8,11-14,18,22H,4-5,9-10,15-16H2,1-3H3,(H,28,32)/t18-/m0/s1. The second-order valence-corrected chi connectivity index (χ2v) is 11.8. The van der Waals surface area contributed by atoms with Gasteiger partial charge >= 0.3 is 0 Å². The van der Waals surface area contributed by atoms with Gasteiger partial charge in [-0.15, -0.1) is 0 Å². The number of nitrogens with zero attached hydrogens (tertiary/aromatic N) is 2. The molecule has 2 aromatic carbocycles. The van der Waals surface area contributed by atoms with Crippen LogP contribution in [0, 0.1) is 6.92 Å². The first-order valence-corrected chi connectivity index (χ1v) is 14.1. The van der Waals surface area contributed by atoms with Gasteiger partial charge in [-0.3, -0.25) is 13.9 Å². The van der Waals surface area contributed by atoms with E-state index in [2.05, 4.69) is 5.32 Å². The summed E-state index contributed by atoms with van der Waals surface area (Å²) in [5.74, 6) is -0.777. The Morgan fingerprint density at radius 2 is 1.74 bits per heavy atom. The Morgan fingerprint density at radius 3 is 2.37 bits per heavy atom. The highest BCUT2D eigenvalue weighted by molar-refractivity contribution is 7.92. The van der Waals surface area contributed by atoms with Gasteiger partial charge in [-0.2, -0.15) is 0 Å². The Bertz CT molecular complexity index is 1180. The molecule has 35 heavy (non-hydrogen) atoms. The molecule has 1 aliphatic carbocycles. The van der Waals surface area contributed by atoms with Crippen molar-refractivity contribution in [1.82, 2.24) is 10.2 Å². The summed E-state index contributed by atoms with van der Waals surface area (Å²) in [7, 11) is -3.82. The summed E-state index contributed by atoms with van der Waals surface area (Å²) in [4.78, 5) is 28.1. The van der Waals surface area contributed by atoms with E-state index in [-0.39, 0.29) is 18.5 Å². The molecule has 0 bridgehead atoms. The van der Waals surface area contributed by atoms with Crippen molar-refractivity contribution in [3.05, 3.63) is 63.6 Å². The summed E-state index contributed by atoms with van der Waals surface area (Å²) in [6.07, 6.45) is 4.99. The second kappa shape index (κ2) is 11.6. The van der Waals surface area contributed by atoms with Crippen molar-refractivity contribution in [2.45, 2.75) is 58.2 Å². The van der Waals surface area contributed by atoms with Crippen LogP contribution < -0.4 is 9.62 Å². The third-order valence-electron chi connectivity index (χ3n) is 6.23. The number of aryl methyl sites for hydroxylation is 1. The van der Waals surface area contributed by atoms with Gasteiger partial charge in [-0.05, 0) is 62.1 Å². The van der Waals surface area contributed by atoms with Gasteiger partial charge in [0.25, 0.3) is 0 Å². The van der Waals surface area contributed by atoms with Crippen LogP contribution in [0.2, 0.25) is 10.0 Å². The zero-order valence-corrected chi connectivity index (χ0v) is 22.5. The van der Waals surface area contributed by atoms with Gasteiger partial charge in [0.2, 0.25) is 21.8 Å². The lowest BCUT2D eigenvalue weighted by Gasteiger charge is -2.32. The average molecular weight is 541 g/mol. The van der Waals surface area contributed by atoms with Crippen molar-refractivity contribution in [3.8, 4) is 0 Å². The Kier molecular flexibility index (Phi) is 9.07. The molecule has 1 N–H and O–H groups in total. The molecule has 3 rings (SSSR count). The van der Waals surface area contributed by atoms with E-state index in [0.29, 0.717) is 21.3 Å². The SMILES string of the molecule is Cc1ccc(Cl)cc1N(CC(=O)N(Cc1cccc(Cl)c1)[C@@H](C)C(=O)NC1CCCC1)S(C)(=O)=O. The molecule has 2 aromatic rings. The number of nitrogens with one attached hydrogen (secondary N) is 1. The number of sulfonamides is 1. The summed E-state index contributed by atoms with van der Waals surface area (Å²) >= 11 is 12.3. The highest BCUT2D eigenvalue weighted by Gasteiger charge is 2.31. The molecule has 0 aromatic heterocycles. The van der Waals surface area contributed by atoms with Crippen LogP contribution in [-0.2, 0) is 26.2 Å². The molecular formula is C25H31Cl2N3O4S. The van der Waals surface area contributed by atoms with Gasteiger partial charge in [0.05, 0.1) is 11.9 Å². The van der Waals surface area contributed by atoms with Gasteiger partial charge in [0, 0.05) is 22.6 Å². The van der Waals surface area contributed by atoms with E-state index < -0.39 is 28.5 Å². The number of anilines is 1. The van der Waals surface area contributed by atoms with Crippen LogP contribution in [0.25, 0.3) is 0 Å². The molecule has 0 radical (unpaired) electrons. The maximum absolute atomic E-state index is 13.6. The van der Waals surface area contributed by atoms with Crippen molar-refractivity contribution in [3.63, 3.8) is 0 Å². The van der Waals surface area contributed by atoms with E-state index in [4.69, 9.17) is 23.2 Å². The first kappa shape index (κ1) is 27.3. The van der Waals surface area contributed by atoms with Crippen LogP contribution in [0.5, 0.6) is 0 Å². The van der Waals surface area contributed by atoms with E-state index in [9.17, 15) is 18.0 Å². The molecular weight excluding hydrogens is 509 g/mol. The van der Waals surface area contributed by atoms with Gasteiger partial charge in [0.1, 0.15) is 12.6 Å². The molecule has 1 saturated carbocycles. The minimum Gasteiger partial charge on any atom is -0.352 e. The molecule has 7 nitrogen and oxygen atoms in total. The molecule has 1 aliphatic rings. The summed E-state index contributed by atoms with van der Waals surface area (Å²) in [5.41, 5.74) is 1.70. The minimum atomic E-state index is -3.82. The minimum absolute atomic E-state index is 0.0923. The fourth-order valence-corrected chi connectivity index (χ4v) is 5.53. The monoisotopic (exact) mass is 539 g/mol. The second-order valence-electron chi connectivity index (χ2n) is 9.02. The van der Waals surface area contributed by atoms with Crippen LogP contribution in [0.15, 0.2) is 42.5 Å². The molecule has 190 valence electrons. The lowest BCUT2D eigenvalue weighted by Crippen LogP contribution is -2.52. The maximum Gasteiger partial charge on any atom is 0.244 e. The molecule has 0 heterocycles. The Hall–Kier alpha value is -2.29. The Labute approximate surface area is 217 Å². The van der Waals surface area contributed by atoms with E-state index in [1.54, 1.807) is 44.2 Å². The maximum atomic E-state index is 13.6. The predicted molar refractivity (Wildman–Crippen MR) is 140 cm³/mol. The lowest BCUT2D eigenvalue weighted by molar-refractivity contribution is -0.139. The van der Waals surface area contributed by atoms with E-state index in [1.807, 2.05) is 6.07 Å². The molecule has 0 saturated heterocycles. The number of halogens is 2. The summed E-state index contributed by atoms with van der Waals surface area (Å²) in [5, 5.41) is 3.89. The van der Waals surface area contributed by atoms with Crippen LogP contribution in [-0.4, -0.2) is 50.0 Å². The number of hydrogen-bond donors (Lipinski definition) is 1. The third-order valence-corrected chi connectivity index (χ3v) is 7.83. The number of hydrogen-bond acceptors (Lipinski definition) is 4. The number of benzene rings is 2.